The van der Waals surface area contributed by atoms with Crippen LogP contribution in [0.3, 0.4) is 0 Å². The third-order valence-electron chi connectivity index (χ3n) is 7.52. The predicted octanol–water partition coefficient (Wildman–Crippen LogP) is 2.25. The zero-order chi connectivity index (χ0) is 28.7. The third kappa shape index (κ3) is 8.01. The maximum Gasteiger partial charge on any atom is 0.451 e. The molecule has 1 aromatic rings. The molecular formula is C27H38F3N5O4. The van der Waals surface area contributed by atoms with Crippen LogP contribution in [0.1, 0.15) is 45.1 Å². The predicted molar refractivity (Wildman–Crippen MR) is 139 cm³/mol. The summed E-state index contributed by atoms with van der Waals surface area (Å²) >= 11 is 0. The first kappa shape index (κ1) is 30.6. The van der Waals surface area contributed by atoms with E-state index in [2.05, 4.69) is 16.0 Å². The van der Waals surface area contributed by atoms with Crippen molar-refractivity contribution in [3.8, 4) is 0 Å². The molecule has 0 aromatic heterocycles. The van der Waals surface area contributed by atoms with Crippen molar-refractivity contribution >= 4 is 23.6 Å². The highest BCUT2D eigenvalue weighted by molar-refractivity contribution is 6.01. The molecule has 4 amide bonds. The Kier molecular flexibility index (Phi) is 10.5. The van der Waals surface area contributed by atoms with Crippen LogP contribution >= 0.6 is 0 Å². The Balaban J connectivity index is 1.69. The highest BCUT2D eigenvalue weighted by Crippen LogP contribution is 2.28. The minimum atomic E-state index is -5.08. The van der Waals surface area contributed by atoms with E-state index in [-0.39, 0.29) is 25.3 Å². The highest BCUT2D eigenvalue weighted by Gasteiger charge is 2.49. The molecular weight excluding hydrogens is 515 g/mol. The second-order valence-electron chi connectivity index (χ2n) is 10.5. The van der Waals surface area contributed by atoms with Gasteiger partial charge in [0.15, 0.2) is 0 Å². The van der Waals surface area contributed by atoms with Crippen molar-refractivity contribution in [3.05, 3.63) is 35.9 Å². The van der Waals surface area contributed by atoms with Crippen LogP contribution in [0.15, 0.2) is 30.3 Å². The highest BCUT2D eigenvalue weighted by atomic mass is 19.4. The van der Waals surface area contributed by atoms with Crippen LogP contribution in [0.2, 0.25) is 0 Å². The number of nitrogens with zero attached hydrogens (tertiary/aromatic N) is 2. The molecule has 0 aliphatic carbocycles. The van der Waals surface area contributed by atoms with E-state index in [1.807, 2.05) is 7.05 Å². The Morgan fingerprint density at radius 3 is 2.21 bits per heavy atom. The first-order valence-corrected chi connectivity index (χ1v) is 13.4. The molecule has 3 atom stereocenters. The zero-order valence-electron chi connectivity index (χ0n) is 22.6. The van der Waals surface area contributed by atoms with Crippen molar-refractivity contribution in [2.45, 2.75) is 76.3 Å². The number of benzene rings is 1. The molecule has 3 rings (SSSR count). The Labute approximate surface area is 226 Å². The quantitative estimate of drug-likeness (QED) is 0.433. The largest absolute Gasteiger partial charge is 0.451 e. The average Bonchev–Trinajstić information content (AvgIpc) is 3.39. The summed E-state index contributed by atoms with van der Waals surface area (Å²) in [7, 11) is 1.87. The molecule has 3 N–H and O–H groups in total. The van der Waals surface area contributed by atoms with Gasteiger partial charge in [-0.15, -0.1) is 0 Å². The molecule has 2 aliphatic rings. The number of carbonyl (C=O) groups is 4. The van der Waals surface area contributed by atoms with E-state index in [0.29, 0.717) is 31.1 Å². The number of likely N-dealkylation sites (tertiary alicyclic amines) is 2. The minimum Gasteiger partial charge on any atom is -0.326 e. The summed E-state index contributed by atoms with van der Waals surface area (Å²) in [6.07, 6.45) is -3.14. The summed E-state index contributed by atoms with van der Waals surface area (Å²) in [6.45, 7) is 4.61. The second kappa shape index (κ2) is 13.4. The standard InChI is InChI=1S/C27H38F3N5O4/c1-17(2)22(32-26(39)34-14-11-19(31-3)12-15-34)25(38)33-24(37)20-10-7-13-35(20)21(23(36)27(28,29)30)16-18-8-5-4-6-9-18/h4-6,8-9,17,19-22,31H,7,10-16H2,1-3H3,(H,32,39)(H,33,37,38)/t20-,21+,22-/m0/s1. The van der Waals surface area contributed by atoms with Crippen LogP contribution in [0.4, 0.5) is 18.0 Å². The van der Waals surface area contributed by atoms with Gasteiger partial charge in [-0.1, -0.05) is 44.2 Å². The normalized spacial score (nSPS) is 20.5. The van der Waals surface area contributed by atoms with Gasteiger partial charge in [0, 0.05) is 19.1 Å². The van der Waals surface area contributed by atoms with Gasteiger partial charge in [0.05, 0.1) is 12.1 Å². The van der Waals surface area contributed by atoms with Crippen molar-refractivity contribution in [2.24, 2.45) is 5.92 Å². The Hall–Kier alpha value is -2.99. The van der Waals surface area contributed by atoms with Gasteiger partial charge in [-0.3, -0.25) is 24.6 Å². The fourth-order valence-corrected chi connectivity index (χ4v) is 5.24. The number of nitrogens with one attached hydrogen (secondary N) is 3. The van der Waals surface area contributed by atoms with E-state index in [1.165, 1.54) is 4.90 Å². The lowest BCUT2D eigenvalue weighted by atomic mass is 9.99. The van der Waals surface area contributed by atoms with Crippen LogP contribution in [-0.4, -0.2) is 90.5 Å². The monoisotopic (exact) mass is 553 g/mol. The lowest BCUT2D eigenvalue weighted by molar-refractivity contribution is -0.177. The summed E-state index contributed by atoms with van der Waals surface area (Å²) in [6, 6.07) is 4.52. The van der Waals surface area contributed by atoms with Gasteiger partial charge in [-0.05, 0) is 57.2 Å². The maximum absolute atomic E-state index is 13.5. The Bertz CT molecular complexity index is 1010. The molecule has 216 valence electrons. The van der Waals surface area contributed by atoms with E-state index >= 15 is 0 Å². The molecule has 0 bridgehead atoms. The van der Waals surface area contributed by atoms with Gasteiger partial charge in [0.1, 0.15) is 6.04 Å². The fraction of sp³-hybridized carbons (Fsp3) is 0.630. The number of hydrogen-bond acceptors (Lipinski definition) is 6. The maximum atomic E-state index is 13.5. The summed E-state index contributed by atoms with van der Waals surface area (Å²) in [5.74, 6) is -3.79. The van der Waals surface area contributed by atoms with E-state index in [9.17, 15) is 32.3 Å². The molecule has 39 heavy (non-hydrogen) atoms. The molecule has 2 fully saturated rings. The smallest absolute Gasteiger partial charge is 0.326 e. The van der Waals surface area contributed by atoms with Gasteiger partial charge in [0.25, 0.3) is 5.78 Å². The summed E-state index contributed by atoms with van der Waals surface area (Å²) in [4.78, 5) is 54.4. The van der Waals surface area contributed by atoms with Crippen LogP contribution in [0, 0.1) is 5.92 Å². The van der Waals surface area contributed by atoms with Crippen molar-refractivity contribution in [3.63, 3.8) is 0 Å². The lowest BCUT2D eigenvalue weighted by Gasteiger charge is -2.34. The lowest BCUT2D eigenvalue weighted by Crippen LogP contribution is -2.59. The van der Waals surface area contributed by atoms with Crippen molar-refractivity contribution in [2.75, 3.05) is 26.7 Å². The number of carbonyl (C=O) groups excluding carboxylic acids is 4. The van der Waals surface area contributed by atoms with Gasteiger partial charge in [-0.2, -0.15) is 13.2 Å². The Morgan fingerprint density at radius 2 is 1.64 bits per heavy atom. The molecule has 2 aliphatic heterocycles. The molecule has 0 radical (unpaired) electrons. The van der Waals surface area contributed by atoms with Crippen molar-refractivity contribution < 1.29 is 32.3 Å². The number of alkyl halides is 3. The molecule has 2 heterocycles. The van der Waals surface area contributed by atoms with Crippen molar-refractivity contribution in [1.29, 1.82) is 0 Å². The molecule has 0 spiro atoms. The number of imide groups is 1. The average molecular weight is 554 g/mol. The van der Waals surface area contributed by atoms with Crippen LogP contribution in [0.25, 0.3) is 0 Å². The van der Waals surface area contributed by atoms with Gasteiger partial charge < -0.3 is 15.5 Å². The number of Topliss-reactive ketones (excluding diaryl/α,β-unsaturated/α-hetero) is 1. The van der Waals surface area contributed by atoms with E-state index in [4.69, 9.17) is 0 Å². The number of halogens is 3. The summed E-state index contributed by atoms with van der Waals surface area (Å²) in [5, 5.41) is 8.19. The first-order chi connectivity index (χ1) is 18.4. The van der Waals surface area contributed by atoms with Gasteiger partial charge in [-0.25, -0.2) is 4.79 Å². The number of urea groups is 1. The van der Waals surface area contributed by atoms with Crippen molar-refractivity contribution in [1.82, 2.24) is 25.8 Å². The van der Waals surface area contributed by atoms with E-state index in [1.54, 1.807) is 49.1 Å². The van der Waals surface area contributed by atoms with Gasteiger partial charge >= 0.3 is 12.2 Å². The second-order valence-corrected chi connectivity index (χ2v) is 10.5. The van der Waals surface area contributed by atoms with Crippen LogP contribution in [-0.2, 0) is 20.8 Å². The molecule has 0 unspecified atom stereocenters. The first-order valence-electron chi connectivity index (χ1n) is 13.4. The number of hydrogen-bond donors (Lipinski definition) is 3. The minimum absolute atomic E-state index is 0.110. The molecule has 9 nitrogen and oxygen atoms in total. The van der Waals surface area contributed by atoms with Crippen LogP contribution in [0.5, 0.6) is 0 Å². The van der Waals surface area contributed by atoms with Crippen LogP contribution < -0.4 is 16.0 Å². The van der Waals surface area contributed by atoms with E-state index in [0.717, 1.165) is 12.8 Å². The number of piperidine rings is 1. The number of amides is 4. The zero-order valence-corrected chi connectivity index (χ0v) is 22.6. The third-order valence-corrected chi connectivity index (χ3v) is 7.52. The summed E-state index contributed by atoms with van der Waals surface area (Å²) < 4.78 is 40.6. The molecule has 12 heteroatoms. The molecule has 1 aromatic carbocycles. The molecule has 2 saturated heterocycles. The number of ketones is 1. The van der Waals surface area contributed by atoms with Gasteiger partial charge in [0.2, 0.25) is 11.8 Å². The Morgan fingerprint density at radius 1 is 1.00 bits per heavy atom. The topological polar surface area (TPSA) is 111 Å². The summed E-state index contributed by atoms with van der Waals surface area (Å²) in [5.41, 5.74) is 0.531. The van der Waals surface area contributed by atoms with E-state index < -0.39 is 47.9 Å². The fourth-order valence-electron chi connectivity index (χ4n) is 5.24. The molecule has 0 saturated carbocycles. The SMILES string of the molecule is CNC1CCN(C(=O)N[C@H](C(=O)NC(=O)[C@@H]2CCCN2[C@H](Cc2ccccc2)C(=O)C(F)(F)F)C(C)C)CC1. The number of rotatable bonds is 9.